The van der Waals surface area contributed by atoms with Crippen LogP contribution in [0.2, 0.25) is 0 Å². The zero-order valence-electron chi connectivity index (χ0n) is 33.1. The van der Waals surface area contributed by atoms with E-state index in [4.69, 9.17) is 29.8 Å². The molecule has 1 unspecified atom stereocenters. The van der Waals surface area contributed by atoms with Gasteiger partial charge in [0.05, 0.1) is 84.6 Å². The Bertz CT molecular complexity index is 2500. The number of methoxy groups -OCH3 is 4. The summed E-state index contributed by atoms with van der Waals surface area (Å²) in [5.41, 5.74) is 4.58. The molecule has 0 saturated heterocycles. The highest BCUT2D eigenvalue weighted by Gasteiger charge is 2.47. The number of hydrogen-bond donors (Lipinski definition) is 6. The minimum Gasteiger partial charge on any atom is -0.509 e. The Morgan fingerprint density at radius 1 is 0.684 bits per heavy atom. The normalized spacial score (nSPS) is 16.5. The molecule has 4 aromatic carbocycles. The molecule has 0 fully saturated rings. The molecule has 0 aliphatic carbocycles. The second-order valence-electron chi connectivity index (χ2n) is 14.4. The summed E-state index contributed by atoms with van der Waals surface area (Å²) in [6.07, 6.45) is 0. The first kappa shape index (κ1) is 38.3. The van der Waals surface area contributed by atoms with Crippen molar-refractivity contribution in [3.05, 3.63) is 108 Å². The van der Waals surface area contributed by atoms with Crippen molar-refractivity contribution in [2.24, 2.45) is 5.92 Å². The van der Waals surface area contributed by atoms with Gasteiger partial charge in [-0.25, -0.2) is 9.97 Å². The molecule has 1 atom stereocenters. The van der Waals surface area contributed by atoms with E-state index in [1.807, 2.05) is 94.4 Å². The molecule has 6 aromatic rings. The van der Waals surface area contributed by atoms with E-state index in [9.17, 15) is 10.2 Å². The summed E-state index contributed by atoms with van der Waals surface area (Å²) in [6, 6.07) is 25.7. The van der Waals surface area contributed by atoms with Gasteiger partial charge in [-0.05, 0) is 56.2 Å². The first-order valence-electron chi connectivity index (χ1n) is 18.3. The SMILES string of the molecule is COc1cc(OC)cc(N2C(=N)C(c3nc4ccccc4[nH]3)=C(O)C2C(C)C)c1.COc1ccc(N2C(=N)C(c3nc4ccccc4[nH]3)=C(O)C2(C)C)c(OC)c1. The molecule has 8 rings (SSSR count). The van der Waals surface area contributed by atoms with Gasteiger partial charge >= 0.3 is 0 Å². The number of rotatable bonds is 9. The predicted octanol–water partition coefficient (Wildman–Crippen LogP) is 8.50. The fraction of sp³-hybridized carbons (Fsp3) is 0.256. The summed E-state index contributed by atoms with van der Waals surface area (Å²) in [5, 5.41) is 39.9. The minimum atomic E-state index is -0.854. The van der Waals surface area contributed by atoms with Crippen LogP contribution in [-0.4, -0.2) is 81.8 Å². The van der Waals surface area contributed by atoms with Crippen LogP contribution in [0, 0.1) is 16.7 Å². The van der Waals surface area contributed by atoms with E-state index < -0.39 is 11.6 Å². The molecule has 0 bridgehead atoms. The second kappa shape index (κ2) is 14.9. The van der Waals surface area contributed by atoms with Gasteiger partial charge in [0.1, 0.15) is 57.8 Å². The zero-order valence-corrected chi connectivity index (χ0v) is 33.1. The predicted molar refractivity (Wildman–Crippen MR) is 223 cm³/mol. The maximum absolute atomic E-state index is 11.1. The van der Waals surface area contributed by atoms with E-state index in [0.29, 0.717) is 57.2 Å². The van der Waals surface area contributed by atoms with Crippen molar-refractivity contribution in [2.45, 2.75) is 39.3 Å². The van der Waals surface area contributed by atoms with Gasteiger partial charge < -0.3 is 48.9 Å². The largest absolute Gasteiger partial charge is 0.509 e. The van der Waals surface area contributed by atoms with Crippen molar-refractivity contribution >= 4 is 56.3 Å². The fourth-order valence-corrected chi connectivity index (χ4v) is 7.39. The van der Waals surface area contributed by atoms with Crippen molar-refractivity contribution in [3.63, 3.8) is 0 Å². The molecular weight excluding hydrogens is 725 g/mol. The zero-order chi connectivity index (χ0) is 40.8. The number of imidazole rings is 2. The third-order valence-corrected chi connectivity index (χ3v) is 10.3. The third-order valence-electron chi connectivity index (χ3n) is 10.3. The summed E-state index contributed by atoms with van der Waals surface area (Å²) >= 11 is 0. The van der Waals surface area contributed by atoms with Crippen molar-refractivity contribution in [1.29, 1.82) is 10.8 Å². The van der Waals surface area contributed by atoms with Crippen molar-refractivity contribution < 1.29 is 29.2 Å². The lowest BCUT2D eigenvalue weighted by Gasteiger charge is -2.34. The number of aliphatic hydroxyl groups excluding tert-OH is 2. The molecular formula is C43H46N8O6. The summed E-state index contributed by atoms with van der Waals surface area (Å²) < 4.78 is 21.6. The van der Waals surface area contributed by atoms with Crippen LogP contribution in [0.1, 0.15) is 39.3 Å². The number of benzene rings is 4. The van der Waals surface area contributed by atoms with Crippen LogP contribution in [0.25, 0.3) is 33.2 Å². The molecule has 0 saturated carbocycles. The number of nitrogens with zero attached hydrogens (tertiary/aromatic N) is 4. The van der Waals surface area contributed by atoms with Gasteiger partial charge in [0.15, 0.2) is 0 Å². The van der Waals surface area contributed by atoms with Crippen molar-refractivity contribution in [1.82, 2.24) is 19.9 Å². The summed E-state index contributed by atoms with van der Waals surface area (Å²) in [7, 11) is 6.33. The van der Waals surface area contributed by atoms with E-state index in [0.717, 1.165) is 22.1 Å². The molecule has 57 heavy (non-hydrogen) atoms. The van der Waals surface area contributed by atoms with Gasteiger partial charge in [0, 0.05) is 24.3 Å². The lowest BCUT2D eigenvalue weighted by molar-refractivity contribution is 0.332. The Labute approximate surface area is 330 Å². The van der Waals surface area contributed by atoms with Gasteiger partial charge in [-0.3, -0.25) is 10.8 Å². The minimum absolute atomic E-state index is 0.0504. The van der Waals surface area contributed by atoms with Crippen LogP contribution < -0.4 is 28.7 Å². The molecule has 2 aliphatic heterocycles. The molecule has 6 N–H and O–H groups in total. The van der Waals surface area contributed by atoms with E-state index in [2.05, 4.69) is 19.9 Å². The Morgan fingerprint density at radius 2 is 1.23 bits per heavy atom. The molecule has 2 aliphatic rings. The van der Waals surface area contributed by atoms with E-state index in [1.165, 1.54) is 0 Å². The summed E-state index contributed by atoms with van der Waals surface area (Å²) in [4.78, 5) is 19.1. The maximum atomic E-state index is 11.1. The van der Waals surface area contributed by atoms with Gasteiger partial charge in [-0.1, -0.05) is 38.1 Å². The topological polar surface area (TPSA) is 189 Å². The van der Waals surface area contributed by atoms with Crippen LogP contribution in [0.5, 0.6) is 23.0 Å². The Kier molecular flexibility index (Phi) is 10.0. The first-order chi connectivity index (χ1) is 27.3. The lowest BCUT2D eigenvalue weighted by atomic mass is 10.0. The molecule has 4 heterocycles. The Morgan fingerprint density at radius 3 is 1.74 bits per heavy atom. The van der Waals surface area contributed by atoms with Crippen LogP contribution in [0.15, 0.2) is 96.4 Å². The third kappa shape index (κ3) is 6.62. The quantitative estimate of drug-likeness (QED) is 0.0832. The van der Waals surface area contributed by atoms with Gasteiger partial charge in [-0.15, -0.1) is 0 Å². The molecule has 2 aromatic heterocycles. The van der Waals surface area contributed by atoms with E-state index in [1.54, 1.807) is 56.4 Å². The number of para-hydroxylation sites is 4. The molecule has 14 nitrogen and oxygen atoms in total. The maximum Gasteiger partial charge on any atom is 0.146 e. The Hall–Kier alpha value is -6.96. The number of fused-ring (bicyclic) bond motifs is 2. The van der Waals surface area contributed by atoms with Crippen molar-refractivity contribution in [2.75, 3.05) is 38.2 Å². The van der Waals surface area contributed by atoms with Crippen LogP contribution in [0.3, 0.4) is 0 Å². The van der Waals surface area contributed by atoms with Crippen LogP contribution >= 0.6 is 0 Å². The number of aromatic amines is 2. The molecule has 0 amide bonds. The van der Waals surface area contributed by atoms with Crippen LogP contribution in [0.4, 0.5) is 11.4 Å². The number of ether oxygens (including phenoxy) is 4. The number of aliphatic hydroxyl groups is 2. The van der Waals surface area contributed by atoms with Crippen molar-refractivity contribution in [3.8, 4) is 23.0 Å². The molecule has 0 spiro atoms. The number of anilines is 2. The highest BCUT2D eigenvalue weighted by molar-refractivity contribution is 6.32. The lowest BCUT2D eigenvalue weighted by Crippen LogP contribution is -2.43. The average molecular weight is 771 g/mol. The molecule has 0 radical (unpaired) electrons. The average Bonchev–Trinajstić information content (AvgIpc) is 3.94. The number of hydrogen-bond acceptors (Lipinski definition) is 10. The van der Waals surface area contributed by atoms with Gasteiger partial charge in [0.25, 0.3) is 0 Å². The number of amidine groups is 2. The number of aromatic nitrogens is 4. The molecule has 294 valence electrons. The monoisotopic (exact) mass is 770 g/mol. The standard InChI is InChI=1S/C22H24N4O3.C21H22N4O3/c1-12(2)19-20(27)18(22-24-16-7-5-6-8-17(16)25-22)21(23)26(19)13-9-14(28-3)11-15(10-13)29-4;1-21(2)18(26)17(20-23-13-7-5-6-8-14(13)24-20)19(22)25(21)15-10-9-12(27-3)11-16(15)28-4/h5-12,19,23,27H,1-4H3,(H,24,25);5-11,22,26H,1-4H3,(H,23,24). The number of nitrogens with one attached hydrogen (secondary N) is 4. The fourth-order valence-electron chi connectivity index (χ4n) is 7.39. The second-order valence-corrected chi connectivity index (χ2v) is 14.4. The first-order valence-corrected chi connectivity index (χ1v) is 18.3. The highest BCUT2D eigenvalue weighted by atomic mass is 16.5. The highest BCUT2D eigenvalue weighted by Crippen LogP contribution is 2.46. The molecule has 14 heteroatoms. The van der Waals surface area contributed by atoms with Crippen LogP contribution in [-0.2, 0) is 0 Å². The van der Waals surface area contributed by atoms with Gasteiger partial charge in [0.2, 0.25) is 0 Å². The summed E-state index contributed by atoms with van der Waals surface area (Å²) in [5.74, 6) is 3.96. The smallest absolute Gasteiger partial charge is 0.146 e. The van der Waals surface area contributed by atoms with E-state index in [-0.39, 0.29) is 29.1 Å². The van der Waals surface area contributed by atoms with E-state index >= 15 is 0 Å². The summed E-state index contributed by atoms with van der Waals surface area (Å²) in [6.45, 7) is 7.74. The number of H-pyrrole nitrogens is 2. The Balaban J connectivity index is 0.000000174. The van der Waals surface area contributed by atoms with Gasteiger partial charge in [-0.2, -0.15) is 0 Å².